The molecule has 1 aliphatic rings. The lowest BCUT2D eigenvalue weighted by Gasteiger charge is -2.12. The van der Waals surface area contributed by atoms with E-state index < -0.39 is 0 Å². The highest BCUT2D eigenvalue weighted by Gasteiger charge is 2.18. The van der Waals surface area contributed by atoms with E-state index in [1.54, 1.807) is 18.4 Å². The summed E-state index contributed by atoms with van der Waals surface area (Å²) < 4.78 is 5.43. The molecule has 0 saturated heterocycles. The molecule has 0 spiro atoms. The van der Waals surface area contributed by atoms with Gasteiger partial charge in [0.15, 0.2) is 5.96 Å². The first-order chi connectivity index (χ1) is 10.8. The number of nitrogens with zero attached hydrogens (tertiary/aromatic N) is 1. The number of halogens is 1. The number of guanidine groups is 1. The predicted molar refractivity (Wildman–Crippen MR) is 106 cm³/mol. The van der Waals surface area contributed by atoms with E-state index in [1.165, 1.54) is 17.7 Å². The normalized spacial score (nSPS) is 15.1. The van der Waals surface area contributed by atoms with Gasteiger partial charge in [-0.25, -0.2) is 0 Å². The molecule has 2 N–H and O–H groups in total. The van der Waals surface area contributed by atoms with Crippen LogP contribution in [0.3, 0.4) is 0 Å². The maximum atomic E-state index is 11.7. The zero-order chi connectivity index (χ0) is 15.6. The van der Waals surface area contributed by atoms with Crippen LogP contribution in [-0.4, -0.2) is 31.6 Å². The van der Waals surface area contributed by atoms with Gasteiger partial charge in [0.25, 0.3) is 0 Å². The summed E-state index contributed by atoms with van der Waals surface area (Å²) in [7, 11) is 1.75. The van der Waals surface area contributed by atoms with Crippen LogP contribution in [0.25, 0.3) is 0 Å². The van der Waals surface area contributed by atoms with Gasteiger partial charge in [-0.05, 0) is 43.6 Å². The Morgan fingerprint density at radius 1 is 1.39 bits per heavy atom. The maximum Gasteiger partial charge on any atom is 0.306 e. The first kappa shape index (κ1) is 20.2. The monoisotopic (exact) mass is 451 g/mol. The van der Waals surface area contributed by atoms with Crippen LogP contribution in [0.5, 0.6) is 0 Å². The van der Waals surface area contributed by atoms with E-state index in [4.69, 9.17) is 4.74 Å². The number of nitrogens with one attached hydrogen (secondary N) is 2. The molecule has 5 nitrogen and oxygen atoms in total. The van der Waals surface area contributed by atoms with Gasteiger partial charge in [0.2, 0.25) is 0 Å². The van der Waals surface area contributed by atoms with Gasteiger partial charge in [0.1, 0.15) is 6.10 Å². The van der Waals surface area contributed by atoms with Crippen molar-refractivity contribution in [1.82, 2.24) is 10.6 Å². The number of hydrogen-bond donors (Lipinski definition) is 2. The summed E-state index contributed by atoms with van der Waals surface area (Å²) in [6, 6.07) is 4.12. The molecule has 2 rings (SSSR count). The van der Waals surface area contributed by atoms with Crippen molar-refractivity contribution in [2.24, 2.45) is 4.99 Å². The Morgan fingerprint density at radius 2 is 2.17 bits per heavy atom. The summed E-state index contributed by atoms with van der Waals surface area (Å²) in [6.07, 6.45) is 5.82. The molecule has 23 heavy (non-hydrogen) atoms. The smallest absolute Gasteiger partial charge is 0.306 e. The minimum absolute atomic E-state index is 0. The van der Waals surface area contributed by atoms with Crippen LogP contribution in [0.4, 0.5) is 0 Å². The summed E-state index contributed by atoms with van der Waals surface area (Å²) in [5.41, 5.74) is 0. The first-order valence-electron chi connectivity index (χ1n) is 7.94. The van der Waals surface area contributed by atoms with Crippen molar-refractivity contribution in [3.05, 3.63) is 22.4 Å². The third-order valence-corrected chi connectivity index (χ3v) is 4.56. The fourth-order valence-corrected chi connectivity index (χ4v) is 3.14. The number of aliphatic imine (C=N–C) groups is 1. The van der Waals surface area contributed by atoms with Crippen LogP contribution in [-0.2, 0) is 16.1 Å². The number of thiophene rings is 1. The van der Waals surface area contributed by atoms with Gasteiger partial charge in [-0.3, -0.25) is 9.79 Å². The minimum Gasteiger partial charge on any atom is -0.462 e. The summed E-state index contributed by atoms with van der Waals surface area (Å²) in [4.78, 5) is 17.1. The lowest BCUT2D eigenvalue weighted by molar-refractivity contribution is -0.148. The zero-order valence-electron chi connectivity index (χ0n) is 13.5. The van der Waals surface area contributed by atoms with Gasteiger partial charge in [0, 0.05) is 24.9 Å². The number of ether oxygens (including phenoxy) is 1. The highest BCUT2D eigenvalue weighted by Crippen LogP contribution is 2.21. The standard InChI is InChI=1S/C16H25N3O2S.HI/c1-17-16(19-12-14-8-5-11-22-14)18-10-4-9-15(20)21-13-6-2-3-7-13;/h5,8,11,13H,2-4,6-7,9-10,12H2,1H3,(H2,17,18,19);1H. The Bertz CT molecular complexity index is 474. The molecule has 0 radical (unpaired) electrons. The van der Waals surface area contributed by atoms with E-state index >= 15 is 0 Å². The van der Waals surface area contributed by atoms with Gasteiger partial charge >= 0.3 is 5.97 Å². The van der Waals surface area contributed by atoms with Crippen molar-refractivity contribution in [1.29, 1.82) is 0 Å². The van der Waals surface area contributed by atoms with Crippen LogP contribution in [0.1, 0.15) is 43.4 Å². The number of carbonyl (C=O) groups excluding carboxylic acids is 1. The van der Waals surface area contributed by atoms with Crippen LogP contribution >= 0.6 is 35.3 Å². The number of hydrogen-bond acceptors (Lipinski definition) is 4. The summed E-state index contributed by atoms with van der Waals surface area (Å²) in [5, 5.41) is 8.53. The number of carbonyl (C=O) groups is 1. The largest absolute Gasteiger partial charge is 0.462 e. The number of rotatable bonds is 7. The molecule has 1 heterocycles. The van der Waals surface area contributed by atoms with E-state index in [-0.39, 0.29) is 36.0 Å². The molecular weight excluding hydrogens is 425 g/mol. The van der Waals surface area contributed by atoms with Crippen molar-refractivity contribution < 1.29 is 9.53 Å². The summed E-state index contributed by atoms with van der Waals surface area (Å²) in [5.74, 6) is 0.688. The molecular formula is C16H26IN3O2S. The highest BCUT2D eigenvalue weighted by molar-refractivity contribution is 14.0. The van der Waals surface area contributed by atoms with Crippen LogP contribution in [0.15, 0.2) is 22.5 Å². The van der Waals surface area contributed by atoms with Gasteiger partial charge in [-0.2, -0.15) is 0 Å². The van der Waals surface area contributed by atoms with E-state index in [0.29, 0.717) is 13.0 Å². The van der Waals surface area contributed by atoms with Crippen LogP contribution < -0.4 is 10.6 Å². The molecule has 1 saturated carbocycles. The van der Waals surface area contributed by atoms with Crippen molar-refractivity contribution in [2.75, 3.05) is 13.6 Å². The third kappa shape index (κ3) is 8.01. The van der Waals surface area contributed by atoms with Crippen LogP contribution in [0, 0.1) is 0 Å². The Morgan fingerprint density at radius 3 is 2.83 bits per heavy atom. The fourth-order valence-electron chi connectivity index (χ4n) is 2.50. The molecule has 1 fully saturated rings. The molecule has 0 aromatic carbocycles. The van der Waals surface area contributed by atoms with E-state index in [9.17, 15) is 4.79 Å². The van der Waals surface area contributed by atoms with E-state index in [0.717, 1.165) is 31.8 Å². The minimum atomic E-state index is -0.0739. The van der Waals surface area contributed by atoms with Gasteiger partial charge in [0.05, 0.1) is 6.54 Å². The first-order valence-corrected chi connectivity index (χ1v) is 8.82. The van der Waals surface area contributed by atoms with Crippen molar-refractivity contribution in [3.63, 3.8) is 0 Å². The molecule has 7 heteroatoms. The highest BCUT2D eigenvalue weighted by atomic mass is 127. The zero-order valence-corrected chi connectivity index (χ0v) is 16.7. The molecule has 0 atom stereocenters. The second-order valence-electron chi connectivity index (χ2n) is 5.43. The van der Waals surface area contributed by atoms with Gasteiger partial charge in [-0.1, -0.05) is 6.07 Å². The molecule has 0 bridgehead atoms. The lowest BCUT2D eigenvalue weighted by atomic mass is 10.3. The molecule has 0 aliphatic heterocycles. The van der Waals surface area contributed by atoms with E-state index in [1.807, 2.05) is 6.07 Å². The average Bonchev–Trinajstić information content (AvgIpc) is 3.20. The molecule has 0 unspecified atom stereocenters. The Hall–Kier alpha value is -0.830. The topological polar surface area (TPSA) is 62.7 Å². The summed E-state index contributed by atoms with van der Waals surface area (Å²) >= 11 is 1.72. The summed E-state index contributed by atoms with van der Waals surface area (Å²) in [6.45, 7) is 1.48. The van der Waals surface area contributed by atoms with Crippen LogP contribution in [0.2, 0.25) is 0 Å². The molecule has 130 valence electrons. The van der Waals surface area contributed by atoms with E-state index in [2.05, 4.69) is 27.1 Å². The second-order valence-corrected chi connectivity index (χ2v) is 6.46. The molecule has 0 amide bonds. The quantitative estimate of drug-likeness (QED) is 0.220. The van der Waals surface area contributed by atoms with Gasteiger partial charge in [-0.15, -0.1) is 35.3 Å². The number of esters is 1. The third-order valence-electron chi connectivity index (χ3n) is 3.68. The molecule has 1 aromatic rings. The Kier molecular flexibility index (Phi) is 10.3. The second kappa shape index (κ2) is 11.7. The average molecular weight is 451 g/mol. The van der Waals surface area contributed by atoms with Crippen molar-refractivity contribution in [2.45, 2.75) is 51.2 Å². The maximum absolute atomic E-state index is 11.7. The van der Waals surface area contributed by atoms with Crippen molar-refractivity contribution in [3.8, 4) is 0 Å². The fraction of sp³-hybridized carbons (Fsp3) is 0.625. The SMILES string of the molecule is CN=C(NCCCC(=O)OC1CCCC1)NCc1cccs1.I. The Balaban J connectivity index is 0.00000264. The molecule has 1 aromatic heterocycles. The predicted octanol–water partition coefficient (Wildman–Crippen LogP) is 3.30. The van der Waals surface area contributed by atoms with Crippen molar-refractivity contribution >= 4 is 47.2 Å². The Labute approximate surface area is 159 Å². The lowest BCUT2D eigenvalue weighted by Crippen LogP contribution is -2.37. The molecule has 1 aliphatic carbocycles. The van der Waals surface area contributed by atoms with Gasteiger partial charge < -0.3 is 15.4 Å².